The van der Waals surface area contributed by atoms with Gasteiger partial charge in [0.05, 0.1) is 5.69 Å². The summed E-state index contributed by atoms with van der Waals surface area (Å²) in [6.45, 7) is 33.4. The van der Waals surface area contributed by atoms with Crippen LogP contribution in [-0.4, -0.2) is 6.71 Å². The normalized spacial score (nSPS) is 16.1. The SMILES string of the molecule is Cc1cc2c3c(c1)N(c1cc(-c4ccccc4)c(C(C)(C)C)cc1-c1ccccc1)c1cc4c(cc1B3c1ccc(C(C)(C)C)cc1N2c1cccc(C(C)(C)C)c1)C(C)(C)CCC4(C)C. The van der Waals surface area contributed by atoms with E-state index in [0.29, 0.717) is 0 Å². The van der Waals surface area contributed by atoms with Crippen LogP contribution < -0.4 is 26.2 Å². The molecule has 66 heavy (non-hydrogen) atoms. The number of fused-ring (bicyclic) bond motifs is 5. The second-order valence-corrected chi connectivity index (χ2v) is 24.3. The Bertz CT molecular complexity index is 3040. The highest BCUT2D eigenvalue weighted by molar-refractivity contribution is 7.00. The Hall–Kier alpha value is -5.80. The van der Waals surface area contributed by atoms with Crippen molar-refractivity contribution in [3.63, 3.8) is 0 Å². The fourth-order valence-electron chi connectivity index (χ4n) is 11.4. The van der Waals surface area contributed by atoms with Gasteiger partial charge in [-0.2, -0.15) is 0 Å². The van der Waals surface area contributed by atoms with Crippen molar-refractivity contribution in [1.82, 2.24) is 0 Å². The number of benzene rings is 7. The van der Waals surface area contributed by atoms with Gasteiger partial charge in [-0.05, 0) is 162 Å². The summed E-state index contributed by atoms with van der Waals surface area (Å²) in [6.07, 6.45) is 2.32. The van der Waals surface area contributed by atoms with Crippen molar-refractivity contribution in [2.24, 2.45) is 0 Å². The monoisotopic (exact) mass is 865 g/mol. The second kappa shape index (κ2) is 15.1. The molecule has 0 amide bonds. The Labute approximate surface area is 397 Å². The summed E-state index contributed by atoms with van der Waals surface area (Å²) >= 11 is 0. The number of nitrogens with zero attached hydrogens (tertiary/aromatic N) is 2. The average Bonchev–Trinajstić information content (AvgIpc) is 3.26. The summed E-state index contributed by atoms with van der Waals surface area (Å²) in [6, 6.07) is 54.4. The van der Waals surface area contributed by atoms with Crippen LogP contribution in [0.1, 0.15) is 136 Å². The molecule has 0 saturated carbocycles. The Morgan fingerprint density at radius 2 is 0.985 bits per heavy atom. The lowest BCUT2D eigenvalue weighted by molar-refractivity contribution is 0.332. The first-order chi connectivity index (χ1) is 31.0. The maximum atomic E-state index is 2.70. The van der Waals surface area contributed by atoms with Crippen LogP contribution in [0.3, 0.4) is 0 Å². The van der Waals surface area contributed by atoms with Gasteiger partial charge in [0.15, 0.2) is 0 Å². The zero-order valence-electron chi connectivity index (χ0n) is 42.2. The highest BCUT2D eigenvalue weighted by atomic mass is 15.2. The highest BCUT2D eigenvalue weighted by Gasteiger charge is 2.47. The minimum Gasteiger partial charge on any atom is -0.311 e. The fourth-order valence-corrected chi connectivity index (χ4v) is 11.4. The zero-order chi connectivity index (χ0) is 46.9. The van der Waals surface area contributed by atoms with Crippen LogP contribution >= 0.6 is 0 Å². The molecule has 2 heterocycles. The van der Waals surface area contributed by atoms with Crippen LogP contribution in [0.25, 0.3) is 22.3 Å². The van der Waals surface area contributed by atoms with Crippen LogP contribution in [0.5, 0.6) is 0 Å². The lowest BCUT2D eigenvalue weighted by atomic mass is 9.33. The predicted octanol–water partition coefficient (Wildman–Crippen LogP) is 15.7. The third-order valence-corrected chi connectivity index (χ3v) is 15.4. The van der Waals surface area contributed by atoms with E-state index in [1.165, 1.54) is 106 Å². The van der Waals surface area contributed by atoms with Crippen LogP contribution in [0, 0.1) is 6.92 Å². The van der Waals surface area contributed by atoms with Gasteiger partial charge in [0, 0.05) is 34.0 Å². The van der Waals surface area contributed by atoms with E-state index in [9.17, 15) is 0 Å². The maximum Gasteiger partial charge on any atom is 0.252 e. The smallest absolute Gasteiger partial charge is 0.252 e. The van der Waals surface area contributed by atoms with Crippen molar-refractivity contribution in [2.45, 2.75) is 137 Å². The van der Waals surface area contributed by atoms with Gasteiger partial charge in [0.2, 0.25) is 0 Å². The summed E-state index contributed by atoms with van der Waals surface area (Å²) in [5, 5.41) is 0. The third kappa shape index (κ3) is 7.24. The van der Waals surface area contributed by atoms with E-state index in [0.717, 1.165) is 12.8 Å². The van der Waals surface area contributed by atoms with E-state index < -0.39 is 0 Å². The van der Waals surface area contributed by atoms with E-state index in [4.69, 9.17) is 0 Å². The molecule has 0 atom stereocenters. The van der Waals surface area contributed by atoms with Crippen molar-refractivity contribution in [1.29, 1.82) is 0 Å². The Kier molecular flexibility index (Phi) is 10.1. The molecule has 0 fully saturated rings. The first-order valence-electron chi connectivity index (χ1n) is 24.5. The molecular weight excluding hydrogens is 796 g/mol. The quantitative estimate of drug-likeness (QED) is 0.163. The van der Waals surface area contributed by atoms with Gasteiger partial charge >= 0.3 is 0 Å². The molecule has 2 nitrogen and oxygen atoms in total. The molecule has 0 radical (unpaired) electrons. The van der Waals surface area contributed by atoms with Crippen LogP contribution in [0.4, 0.5) is 34.1 Å². The molecule has 1 aliphatic carbocycles. The zero-order valence-corrected chi connectivity index (χ0v) is 42.2. The third-order valence-electron chi connectivity index (χ3n) is 15.4. The summed E-state index contributed by atoms with van der Waals surface area (Å²) < 4.78 is 0. The Morgan fingerprint density at radius 1 is 0.439 bits per heavy atom. The number of anilines is 6. The first-order valence-corrected chi connectivity index (χ1v) is 24.5. The number of hydrogen-bond acceptors (Lipinski definition) is 2. The molecule has 7 aromatic rings. The number of hydrogen-bond donors (Lipinski definition) is 0. The van der Waals surface area contributed by atoms with Gasteiger partial charge in [0.25, 0.3) is 6.71 Å². The molecule has 0 N–H and O–H groups in total. The highest BCUT2D eigenvalue weighted by Crippen LogP contribution is 2.53. The molecule has 2 aliphatic heterocycles. The van der Waals surface area contributed by atoms with Crippen molar-refractivity contribution < 1.29 is 0 Å². The van der Waals surface area contributed by atoms with Gasteiger partial charge in [-0.15, -0.1) is 0 Å². The molecule has 0 unspecified atom stereocenters. The van der Waals surface area contributed by atoms with Crippen LogP contribution in [0.15, 0.2) is 140 Å². The standard InChI is InChI=1S/C63H69BN2/c1-40-32-56-58-57(33-40)66(53-37-46(41-22-17-15-18-23-41)48(61(8,9)10)36-47(53)42-24-19-16-20-25-42)55-39-50-49(62(11,12)30-31-63(50,13)14)38-52(55)64(58)51-29-28-44(60(5,6)7)35-54(51)65(56)45-27-21-26-43(34-45)59(2,3)4/h15-29,32-39H,30-31H2,1-14H3. The maximum absolute atomic E-state index is 2.70. The second-order valence-electron chi connectivity index (χ2n) is 24.3. The molecule has 0 saturated heterocycles. The summed E-state index contributed by atoms with van der Waals surface area (Å²) in [7, 11) is 0. The minimum atomic E-state index is -0.104. The van der Waals surface area contributed by atoms with Crippen LogP contribution in [0.2, 0.25) is 0 Å². The molecule has 3 heteroatoms. The lowest BCUT2D eigenvalue weighted by Gasteiger charge is -2.48. The molecule has 334 valence electrons. The average molecular weight is 865 g/mol. The van der Waals surface area contributed by atoms with E-state index in [1.807, 2.05) is 0 Å². The van der Waals surface area contributed by atoms with Gasteiger partial charge in [-0.1, -0.05) is 181 Å². The van der Waals surface area contributed by atoms with Gasteiger partial charge < -0.3 is 9.80 Å². The van der Waals surface area contributed by atoms with Crippen LogP contribution in [-0.2, 0) is 27.1 Å². The minimum absolute atomic E-state index is 0.00458. The van der Waals surface area contributed by atoms with Gasteiger partial charge in [0.1, 0.15) is 0 Å². The van der Waals surface area contributed by atoms with Crippen molar-refractivity contribution >= 4 is 57.2 Å². The molecular formula is C63H69BN2. The first kappa shape index (κ1) is 44.1. The van der Waals surface area contributed by atoms with Crippen molar-refractivity contribution in [2.75, 3.05) is 9.80 Å². The predicted molar refractivity (Wildman–Crippen MR) is 287 cm³/mol. The molecule has 0 bridgehead atoms. The molecule has 0 spiro atoms. The number of aryl methyl sites for hydroxylation is 1. The van der Waals surface area contributed by atoms with Crippen molar-refractivity contribution in [3.05, 3.63) is 173 Å². The molecule has 3 aliphatic rings. The molecule has 0 aromatic heterocycles. The number of rotatable bonds is 4. The van der Waals surface area contributed by atoms with Crippen molar-refractivity contribution in [3.8, 4) is 22.3 Å². The fraction of sp³-hybridized carbons (Fsp3) is 0.333. The summed E-state index contributed by atoms with van der Waals surface area (Å²) in [4.78, 5) is 5.32. The Balaban J connectivity index is 1.38. The molecule has 7 aromatic carbocycles. The summed E-state index contributed by atoms with van der Waals surface area (Å²) in [5.41, 5.74) is 24.8. The topological polar surface area (TPSA) is 6.48 Å². The van der Waals surface area contributed by atoms with E-state index in [1.54, 1.807) is 0 Å². The summed E-state index contributed by atoms with van der Waals surface area (Å²) in [5.74, 6) is 0. The van der Waals surface area contributed by atoms with Gasteiger partial charge in [-0.25, -0.2) is 0 Å². The Morgan fingerprint density at radius 3 is 1.58 bits per heavy atom. The van der Waals surface area contributed by atoms with E-state index >= 15 is 0 Å². The molecule has 10 rings (SSSR count). The lowest BCUT2D eigenvalue weighted by Crippen LogP contribution is -2.62. The van der Waals surface area contributed by atoms with E-state index in [2.05, 4.69) is 246 Å². The van der Waals surface area contributed by atoms with Gasteiger partial charge in [-0.3, -0.25) is 0 Å². The largest absolute Gasteiger partial charge is 0.311 e. The van der Waals surface area contributed by atoms with E-state index in [-0.39, 0.29) is 33.8 Å².